The maximum absolute atomic E-state index is 11.9. The predicted molar refractivity (Wildman–Crippen MR) is 65.1 cm³/mol. The van der Waals surface area contributed by atoms with Gasteiger partial charge in [-0.3, -0.25) is 9.69 Å². The lowest BCUT2D eigenvalue weighted by Gasteiger charge is -2.21. The Morgan fingerprint density at radius 3 is 2.50 bits per heavy atom. The summed E-state index contributed by atoms with van der Waals surface area (Å²) in [5, 5.41) is 12.6. The van der Waals surface area contributed by atoms with Gasteiger partial charge in [-0.05, 0) is 13.8 Å². The van der Waals surface area contributed by atoms with Crippen LogP contribution in [0.25, 0.3) is 0 Å². The monoisotopic (exact) mass is 256 g/mol. The van der Waals surface area contributed by atoms with Gasteiger partial charge in [-0.25, -0.2) is 4.79 Å². The third-order valence-corrected chi connectivity index (χ3v) is 3.67. The second kappa shape index (κ2) is 4.85. The molecule has 18 heavy (non-hydrogen) atoms. The molecule has 3 N–H and O–H groups in total. The first-order valence-corrected chi connectivity index (χ1v) is 6.56. The number of urea groups is 1. The van der Waals surface area contributed by atoms with Gasteiger partial charge in [0.15, 0.2) is 0 Å². The number of nitrogens with zero attached hydrogens (tertiary/aromatic N) is 1. The van der Waals surface area contributed by atoms with Crippen LogP contribution in [-0.4, -0.2) is 59.8 Å². The smallest absolute Gasteiger partial charge is 0.325 e. The van der Waals surface area contributed by atoms with E-state index >= 15 is 0 Å². The number of hydrogen-bond acceptors (Lipinski definition) is 3. The van der Waals surface area contributed by atoms with E-state index in [0.29, 0.717) is 6.54 Å². The Bertz CT molecular complexity index is 350. The fourth-order valence-electron chi connectivity index (χ4n) is 2.67. The number of β-amino-alcohol motifs (C(OH)–C–C–N with tert-alkyl or cyclic N) is 1. The number of rotatable bonds is 4. The van der Waals surface area contributed by atoms with Crippen molar-refractivity contribution in [2.24, 2.45) is 0 Å². The molecule has 6 heteroatoms. The average Bonchev–Trinajstić information content (AvgIpc) is 2.82. The molecule has 2 fully saturated rings. The van der Waals surface area contributed by atoms with Crippen LogP contribution in [0.1, 0.15) is 26.7 Å². The Morgan fingerprint density at radius 1 is 1.39 bits per heavy atom. The lowest BCUT2D eigenvalue weighted by atomic mass is 10.1. The summed E-state index contributed by atoms with van der Waals surface area (Å²) in [5.74, 6) is -0.261. The molecule has 102 valence electrons. The van der Waals surface area contributed by atoms with Gasteiger partial charge >= 0.3 is 6.03 Å². The van der Waals surface area contributed by atoms with Crippen LogP contribution >= 0.6 is 0 Å². The summed E-state index contributed by atoms with van der Waals surface area (Å²) in [5.41, 5.74) is -0.850. The molecule has 0 saturated carbocycles. The molecule has 2 heterocycles. The van der Waals surface area contributed by atoms with Crippen molar-refractivity contribution >= 4 is 11.9 Å². The minimum absolute atomic E-state index is 0.0948. The zero-order valence-electron chi connectivity index (χ0n) is 11.0. The quantitative estimate of drug-likeness (QED) is 0.528. The molecule has 0 radical (unpaired) electrons. The van der Waals surface area contributed by atoms with E-state index in [-0.39, 0.29) is 12.5 Å². The maximum Gasteiger partial charge on any atom is 0.325 e. The first-order valence-electron chi connectivity index (χ1n) is 6.56. The highest BCUT2D eigenvalue weighted by atomic mass is 16.3. The standard InChI is InChI=1S/C12H21N3O3/c1-12(2)10(17)15(11(18)13-12)8-9(16)7-14-5-3-4-6-14/h9,16H,3-8H2,1-2H3,(H,13,18)/p+1/t9-/m1/s1. The number of carbonyl (C=O) groups excluding carboxylic acids is 2. The van der Waals surface area contributed by atoms with E-state index < -0.39 is 17.7 Å². The molecule has 2 aliphatic heterocycles. The van der Waals surface area contributed by atoms with Crippen LogP contribution < -0.4 is 10.2 Å². The number of carbonyl (C=O) groups is 2. The largest absolute Gasteiger partial charge is 0.385 e. The lowest BCUT2D eigenvalue weighted by molar-refractivity contribution is -0.890. The van der Waals surface area contributed by atoms with Crippen molar-refractivity contribution in [3.05, 3.63) is 0 Å². The number of amides is 3. The summed E-state index contributed by atoms with van der Waals surface area (Å²) in [4.78, 5) is 26.1. The van der Waals surface area contributed by atoms with E-state index in [1.807, 2.05) is 0 Å². The molecule has 0 aromatic rings. The van der Waals surface area contributed by atoms with E-state index in [2.05, 4.69) is 5.32 Å². The molecule has 0 aromatic carbocycles. The molecule has 2 saturated heterocycles. The zero-order chi connectivity index (χ0) is 13.3. The molecule has 6 nitrogen and oxygen atoms in total. The van der Waals surface area contributed by atoms with Gasteiger partial charge in [-0.1, -0.05) is 0 Å². The molecule has 0 spiro atoms. The van der Waals surface area contributed by atoms with Gasteiger partial charge in [0.25, 0.3) is 5.91 Å². The highest BCUT2D eigenvalue weighted by Crippen LogP contribution is 2.16. The Labute approximate surface area is 107 Å². The topological polar surface area (TPSA) is 74.1 Å². The SMILES string of the molecule is CC1(C)NC(=O)N(C[C@H](O)C[NH+]2CCCC2)C1=O. The van der Waals surface area contributed by atoms with E-state index in [1.54, 1.807) is 13.8 Å². The van der Waals surface area contributed by atoms with Gasteiger partial charge in [0.2, 0.25) is 0 Å². The second-order valence-corrected chi connectivity index (χ2v) is 5.79. The van der Waals surface area contributed by atoms with Crippen LogP contribution in [0.5, 0.6) is 0 Å². The summed E-state index contributed by atoms with van der Waals surface area (Å²) in [7, 11) is 0. The van der Waals surface area contributed by atoms with Crippen molar-refractivity contribution in [2.45, 2.75) is 38.3 Å². The molecule has 0 aromatic heterocycles. The first-order chi connectivity index (χ1) is 8.40. The minimum Gasteiger partial charge on any atom is -0.385 e. The van der Waals surface area contributed by atoms with Crippen molar-refractivity contribution in [3.63, 3.8) is 0 Å². The van der Waals surface area contributed by atoms with Gasteiger partial charge in [0.1, 0.15) is 18.2 Å². The van der Waals surface area contributed by atoms with Crippen LogP contribution in [0.2, 0.25) is 0 Å². The molecule has 0 unspecified atom stereocenters. The number of likely N-dealkylation sites (tertiary alicyclic amines) is 1. The molecule has 3 amide bonds. The molecule has 2 rings (SSSR count). The molecule has 0 bridgehead atoms. The Hall–Kier alpha value is -1.14. The van der Waals surface area contributed by atoms with Gasteiger partial charge in [-0.15, -0.1) is 0 Å². The summed E-state index contributed by atoms with van der Waals surface area (Å²) in [6.07, 6.45) is 1.75. The highest BCUT2D eigenvalue weighted by molar-refractivity contribution is 6.06. The summed E-state index contributed by atoms with van der Waals surface area (Å²) in [6.45, 7) is 6.19. The minimum atomic E-state index is -0.850. The Balaban J connectivity index is 1.88. The van der Waals surface area contributed by atoms with Crippen molar-refractivity contribution in [1.29, 1.82) is 0 Å². The summed E-state index contributed by atoms with van der Waals surface area (Å²) >= 11 is 0. The predicted octanol–water partition coefficient (Wildman–Crippen LogP) is -1.64. The summed E-state index contributed by atoms with van der Waals surface area (Å²) in [6, 6.07) is -0.402. The number of quaternary nitrogens is 1. The van der Waals surface area contributed by atoms with Crippen LogP contribution in [0.3, 0.4) is 0 Å². The van der Waals surface area contributed by atoms with E-state index in [9.17, 15) is 14.7 Å². The van der Waals surface area contributed by atoms with Crippen molar-refractivity contribution < 1.29 is 19.6 Å². The number of aliphatic hydroxyl groups is 1. The van der Waals surface area contributed by atoms with Gasteiger partial charge in [0.05, 0.1) is 19.6 Å². The van der Waals surface area contributed by atoms with Crippen LogP contribution in [-0.2, 0) is 4.79 Å². The number of nitrogens with one attached hydrogen (secondary N) is 2. The molecule has 2 aliphatic rings. The summed E-state index contributed by atoms with van der Waals surface area (Å²) < 4.78 is 0. The van der Waals surface area contributed by atoms with Crippen molar-refractivity contribution in [1.82, 2.24) is 10.2 Å². The first kappa shape index (κ1) is 13.3. The molecular formula is C12H22N3O3+. The van der Waals surface area contributed by atoms with Crippen LogP contribution in [0.4, 0.5) is 4.79 Å². The molecular weight excluding hydrogens is 234 g/mol. The normalized spacial score (nSPS) is 25.6. The fourth-order valence-corrected chi connectivity index (χ4v) is 2.67. The van der Waals surface area contributed by atoms with Crippen molar-refractivity contribution in [2.75, 3.05) is 26.2 Å². The van der Waals surface area contributed by atoms with Crippen LogP contribution in [0.15, 0.2) is 0 Å². The third-order valence-electron chi connectivity index (χ3n) is 3.67. The van der Waals surface area contributed by atoms with E-state index in [1.165, 1.54) is 17.7 Å². The Morgan fingerprint density at radius 2 is 2.00 bits per heavy atom. The van der Waals surface area contributed by atoms with Crippen molar-refractivity contribution in [3.8, 4) is 0 Å². The second-order valence-electron chi connectivity index (χ2n) is 5.79. The van der Waals surface area contributed by atoms with Crippen LogP contribution in [0, 0.1) is 0 Å². The Kier molecular flexibility index (Phi) is 3.59. The average molecular weight is 256 g/mol. The molecule has 1 atom stereocenters. The number of hydrogen-bond donors (Lipinski definition) is 3. The number of aliphatic hydroxyl groups excluding tert-OH is 1. The van der Waals surface area contributed by atoms with Gasteiger partial charge < -0.3 is 15.3 Å². The number of imide groups is 1. The lowest BCUT2D eigenvalue weighted by Crippen LogP contribution is -3.11. The third kappa shape index (κ3) is 2.64. The van der Waals surface area contributed by atoms with E-state index in [4.69, 9.17) is 0 Å². The molecule has 0 aliphatic carbocycles. The van der Waals surface area contributed by atoms with E-state index in [0.717, 1.165) is 18.0 Å². The van der Waals surface area contributed by atoms with Gasteiger partial charge in [-0.2, -0.15) is 0 Å². The zero-order valence-corrected chi connectivity index (χ0v) is 11.0. The highest BCUT2D eigenvalue weighted by Gasteiger charge is 2.44. The maximum atomic E-state index is 11.9. The van der Waals surface area contributed by atoms with Gasteiger partial charge in [0, 0.05) is 12.8 Å². The fraction of sp³-hybridized carbons (Fsp3) is 0.833.